The fourth-order valence-corrected chi connectivity index (χ4v) is 6.26. The first-order valence-electron chi connectivity index (χ1n) is 14.5. The Balaban J connectivity index is 1.54. The number of ketones is 1. The van der Waals surface area contributed by atoms with Gasteiger partial charge in [0.05, 0.1) is 18.6 Å². The smallest absolute Gasteiger partial charge is 0.424 e. The quantitative estimate of drug-likeness (QED) is 0.273. The van der Waals surface area contributed by atoms with Crippen molar-refractivity contribution in [2.45, 2.75) is 51.4 Å². The summed E-state index contributed by atoms with van der Waals surface area (Å²) in [5.74, 6) is -0.498. The minimum Gasteiger partial charge on any atom is -0.508 e. The molecule has 0 saturated carbocycles. The summed E-state index contributed by atoms with van der Waals surface area (Å²) in [6.07, 6.45) is 3.52. The van der Waals surface area contributed by atoms with Crippen LogP contribution in [0.2, 0.25) is 0 Å². The van der Waals surface area contributed by atoms with Crippen molar-refractivity contribution in [2.24, 2.45) is 7.05 Å². The van der Waals surface area contributed by atoms with Crippen LogP contribution in [-0.4, -0.2) is 90.1 Å². The number of aromatic nitrogens is 1. The van der Waals surface area contributed by atoms with Crippen molar-refractivity contribution in [3.8, 4) is 5.75 Å². The number of rotatable bonds is 10. The number of hydrazine groups is 1. The van der Waals surface area contributed by atoms with Gasteiger partial charge in [0.15, 0.2) is 5.78 Å². The number of fused-ring (bicyclic) bond motifs is 2. The van der Waals surface area contributed by atoms with Crippen LogP contribution in [0, 0.1) is 0 Å². The zero-order chi connectivity index (χ0) is 30.8. The fourth-order valence-electron chi connectivity index (χ4n) is 6.26. The number of carboxylic acid groups (broad SMARTS) is 1. The van der Waals surface area contributed by atoms with E-state index in [9.17, 15) is 29.4 Å². The molecule has 226 valence electrons. The van der Waals surface area contributed by atoms with Crippen molar-refractivity contribution in [1.29, 1.82) is 0 Å². The van der Waals surface area contributed by atoms with Gasteiger partial charge in [0, 0.05) is 50.1 Å². The first-order chi connectivity index (χ1) is 20.6. The summed E-state index contributed by atoms with van der Waals surface area (Å²) in [6.45, 7) is 5.83. The van der Waals surface area contributed by atoms with Crippen molar-refractivity contribution in [3.05, 3.63) is 78.0 Å². The zero-order valence-electron chi connectivity index (χ0n) is 24.5. The second-order valence-electron chi connectivity index (χ2n) is 11.1. The molecule has 0 spiro atoms. The molecule has 11 nitrogen and oxygen atoms in total. The number of aromatic hydroxyl groups is 1. The molecule has 5 rings (SSSR count). The Kier molecular flexibility index (Phi) is 8.54. The summed E-state index contributed by atoms with van der Waals surface area (Å²) in [4.78, 5) is 56.2. The molecule has 2 unspecified atom stereocenters. The molecule has 2 fully saturated rings. The number of hydrogen-bond donors (Lipinski definition) is 2. The highest BCUT2D eigenvalue weighted by molar-refractivity contribution is 6.08. The van der Waals surface area contributed by atoms with Crippen LogP contribution in [-0.2, 0) is 29.6 Å². The first-order valence-corrected chi connectivity index (χ1v) is 14.5. The third kappa shape index (κ3) is 5.72. The molecule has 2 aliphatic rings. The monoisotopic (exact) mass is 587 g/mol. The van der Waals surface area contributed by atoms with E-state index in [1.54, 1.807) is 17.0 Å². The Labute approximate surface area is 250 Å². The summed E-state index contributed by atoms with van der Waals surface area (Å²) in [7, 11) is 1.87. The van der Waals surface area contributed by atoms with Crippen LogP contribution in [0.5, 0.6) is 5.75 Å². The zero-order valence-corrected chi connectivity index (χ0v) is 24.5. The predicted molar refractivity (Wildman–Crippen MR) is 160 cm³/mol. The molecule has 2 aromatic carbocycles. The highest BCUT2D eigenvalue weighted by atomic mass is 16.4. The Morgan fingerprint density at radius 3 is 2.53 bits per heavy atom. The second-order valence-corrected chi connectivity index (χ2v) is 11.1. The van der Waals surface area contributed by atoms with Gasteiger partial charge in [-0.2, -0.15) is 0 Å². The number of phenolic OH excluding ortho intramolecular Hbond substituents is 1. The molecule has 1 aromatic heterocycles. The van der Waals surface area contributed by atoms with Gasteiger partial charge in [-0.05, 0) is 29.7 Å². The molecule has 2 N–H and O–H groups in total. The first kappa shape index (κ1) is 29.8. The van der Waals surface area contributed by atoms with E-state index in [1.807, 2.05) is 42.9 Å². The Bertz CT molecular complexity index is 1560. The number of phenols is 1. The normalized spacial score (nSPS) is 19.2. The minimum absolute atomic E-state index is 0.0281. The lowest BCUT2D eigenvalue weighted by Crippen LogP contribution is -2.75. The highest BCUT2D eigenvalue weighted by Gasteiger charge is 2.51. The maximum atomic E-state index is 14.2. The summed E-state index contributed by atoms with van der Waals surface area (Å²) < 4.78 is 1.90. The molecule has 2 saturated heterocycles. The molecule has 2 atom stereocenters. The van der Waals surface area contributed by atoms with E-state index in [4.69, 9.17) is 0 Å². The number of para-hydroxylation sites is 1. The number of benzene rings is 2. The van der Waals surface area contributed by atoms with E-state index in [-0.39, 0.29) is 55.9 Å². The van der Waals surface area contributed by atoms with Crippen LogP contribution in [0.1, 0.15) is 47.7 Å². The lowest BCUT2D eigenvalue weighted by atomic mass is 9.98. The number of nitrogens with zero attached hydrogens (tertiary/aromatic N) is 5. The van der Waals surface area contributed by atoms with Crippen molar-refractivity contribution >= 4 is 34.6 Å². The molecule has 0 bridgehead atoms. The van der Waals surface area contributed by atoms with E-state index in [2.05, 4.69) is 6.58 Å². The van der Waals surface area contributed by atoms with Gasteiger partial charge in [0.1, 0.15) is 18.0 Å². The number of Topliss-reactive ketones (excluding diaryl/α,β-unsaturated/α-hetero) is 1. The molecule has 3 heterocycles. The summed E-state index contributed by atoms with van der Waals surface area (Å²) >= 11 is 0. The number of piperazine rings is 1. The SMILES string of the molecule is C=CCN1CC(=O)N2C(Cc3ccc(O)cc3)C(=O)N(Cc3cccc4c(C(=O)CCCC)cn(C)c34)CC2N1C(=O)O. The van der Waals surface area contributed by atoms with Crippen molar-refractivity contribution in [3.63, 3.8) is 0 Å². The Morgan fingerprint density at radius 2 is 1.86 bits per heavy atom. The second kappa shape index (κ2) is 12.3. The van der Waals surface area contributed by atoms with E-state index in [0.29, 0.717) is 12.0 Å². The maximum Gasteiger partial charge on any atom is 0.424 e. The van der Waals surface area contributed by atoms with Crippen LogP contribution in [0.15, 0.2) is 61.3 Å². The largest absolute Gasteiger partial charge is 0.508 e. The van der Waals surface area contributed by atoms with Crippen LogP contribution in [0.25, 0.3) is 10.9 Å². The lowest BCUT2D eigenvalue weighted by Gasteiger charge is -2.54. The lowest BCUT2D eigenvalue weighted by molar-refractivity contribution is -0.192. The van der Waals surface area contributed by atoms with Gasteiger partial charge in [0.25, 0.3) is 0 Å². The average Bonchev–Trinajstić information content (AvgIpc) is 3.32. The van der Waals surface area contributed by atoms with Crippen LogP contribution < -0.4 is 0 Å². The van der Waals surface area contributed by atoms with Crippen molar-refractivity contribution in [2.75, 3.05) is 19.6 Å². The predicted octanol–water partition coefficient (Wildman–Crippen LogP) is 3.76. The summed E-state index contributed by atoms with van der Waals surface area (Å²) in [5.41, 5.74) is 3.01. The van der Waals surface area contributed by atoms with E-state index in [0.717, 1.165) is 39.9 Å². The van der Waals surface area contributed by atoms with E-state index in [1.165, 1.54) is 28.1 Å². The molecule has 11 heteroatoms. The summed E-state index contributed by atoms with van der Waals surface area (Å²) in [6, 6.07) is 11.1. The Morgan fingerprint density at radius 1 is 1.12 bits per heavy atom. The van der Waals surface area contributed by atoms with Crippen LogP contribution in [0.4, 0.5) is 4.79 Å². The third-order valence-electron chi connectivity index (χ3n) is 8.24. The molecular formula is C32H37N5O6. The van der Waals surface area contributed by atoms with Crippen molar-refractivity contribution in [1.82, 2.24) is 24.4 Å². The van der Waals surface area contributed by atoms with Gasteiger partial charge in [-0.1, -0.05) is 49.8 Å². The number of carbonyl (C=O) groups is 4. The van der Waals surface area contributed by atoms with Crippen LogP contribution in [0.3, 0.4) is 0 Å². The van der Waals surface area contributed by atoms with Gasteiger partial charge in [-0.25, -0.2) is 14.8 Å². The number of aryl methyl sites for hydroxylation is 1. The van der Waals surface area contributed by atoms with E-state index >= 15 is 0 Å². The third-order valence-corrected chi connectivity index (χ3v) is 8.24. The van der Waals surface area contributed by atoms with Gasteiger partial charge < -0.3 is 24.6 Å². The van der Waals surface area contributed by atoms with Gasteiger partial charge in [-0.15, -0.1) is 6.58 Å². The van der Waals surface area contributed by atoms with Gasteiger partial charge >= 0.3 is 6.09 Å². The van der Waals surface area contributed by atoms with Crippen LogP contribution >= 0.6 is 0 Å². The molecule has 2 aliphatic heterocycles. The molecule has 3 amide bonds. The number of unbranched alkanes of at least 4 members (excludes halogenated alkanes) is 1. The standard InChI is InChI=1S/C32H37N5O6/c1-4-6-10-27(39)25-18-33(3)30-22(8-7-9-24(25)30)17-34-19-28-36(29(40)20-35(15-5-2)37(28)32(42)43)26(31(34)41)16-21-11-13-23(38)14-12-21/h5,7-9,11-14,18,26,28,38H,2,4,6,10,15-17,19-20H2,1,3H3,(H,42,43). The molecule has 0 radical (unpaired) electrons. The maximum absolute atomic E-state index is 14.2. The highest BCUT2D eigenvalue weighted by Crippen LogP contribution is 2.32. The Hall–Kier alpha value is -4.64. The number of carbonyl (C=O) groups excluding carboxylic acids is 3. The van der Waals surface area contributed by atoms with Crippen molar-refractivity contribution < 1.29 is 29.4 Å². The molecule has 0 aliphatic carbocycles. The van der Waals surface area contributed by atoms with E-state index < -0.39 is 18.3 Å². The topological polar surface area (TPSA) is 127 Å². The molecule has 43 heavy (non-hydrogen) atoms. The number of amides is 3. The van der Waals surface area contributed by atoms with Gasteiger partial charge in [-0.3, -0.25) is 14.4 Å². The van der Waals surface area contributed by atoms with Gasteiger partial charge in [0.2, 0.25) is 11.8 Å². The number of hydrogen-bond acceptors (Lipinski definition) is 6. The fraction of sp³-hybridized carbons (Fsp3) is 0.375. The molecular weight excluding hydrogens is 550 g/mol. The summed E-state index contributed by atoms with van der Waals surface area (Å²) in [5, 5.41) is 23.4. The molecule has 3 aromatic rings. The average molecular weight is 588 g/mol. The minimum atomic E-state index is -1.23.